The van der Waals surface area contributed by atoms with Crippen molar-refractivity contribution < 1.29 is 0 Å². The van der Waals surface area contributed by atoms with Gasteiger partial charge in [0, 0.05) is 5.16 Å². The van der Waals surface area contributed by atoms with E-state index in [1.54, 1.807) is 0 Å². The lowest BCUT2D eigenvalue weighted by Crippen LogP contribution is -2.60. The molecule has 1 aliphatic rings. The summed E-state index contributed by atoms with van der Waals surface area (Å²) < 4.78 is 0. The lowest BCUT2D eigenvalue weighted by atomic mass is 9.67. The van der Waals surface area contributed by atoms with Gasteiger partial charge in [-0.25, -0.2) is 0 Å². The van der Waals surface area contributed by atoms with E-state index in [0.717, 1.165) is 0 Å². The monoisotopic (exact) mass is 480 g/mol. The molecule has 2 heteroatoms. The minimum absolute atomic E-state index is 0.298. The van der Waals surface area contributed by atoms with Gasteiger partial charge in [-0.15, -0.1) is 0 Å². The van der Waals surface area contributed by atoms with E-state index >= 15 is 0 Å². The minimum Gasteiger partial charge on any atom is -0.0622 e. The van der Waals surface area contributed by atoms with Crippen LogP contribution in [0.1, 0.15) is 27.2 Å². The predicted octanol–water partition coefficient (Wildman–Crippen LogP) is 7.06. The van der Waals surface area contributed by atoms with E-state index in [1.807, 2.05) is 0 Å². The molecule has 1 aliphatic carbocycles. The van der Waals surface area contributed by atoms with Gasteiger partial charge in [0.05, 0.1) is 0 Å². The third kappa shape index (κ3) is 4.17. The van der Waals surface area contributed by atoms with E-state index < -0.39 is 15.8 Å². The predicted molar refractivity (Wildman–Crippen MR) is 153 cm³/mol. The molecule has 0 aliphatic heterocycles. The maximum absolute atomic E-state index is 2.57. The van der Waals surface area contributed by atoms with Crippen LogP contribution < -0.4 is 21.2 Å². The van der Waals surface area contributed by atoms with Crippen LogP contribution in [0.4, 0.5) is 0 Å². The Labute approximate surface area is 208 Å². The van der Waals surface area contributed by atoms with Crippen LogP contribution in [0, 0.1) is 11.8 Å². The summed E-state index contributed by atoms with van der Waals surface area (Å²) in [4.78, 5) is 0. The first-order valence-electron chi connectivity index (χ1n) is 12.4. The van der Waals surface area contributed by atoms with Gasteiger partial charge in [0.15, 0.2) is 0 Å². The summed E-state index contributed by atoms with van der Waals surface area (Å²) in [5, 5.41) is 6.37. The minimum atomic E-state index is -0.467. The van der Waals surface area contributed by atoms with Crippen LogP contribution in [0.5, 0.6) is 0 Å². The summed E-state index contributed by atoms with van der Waals surface area (Å²) in [6, 6.07) is 45.3. The fourth-order valence-corrected chi connectivity index (χ4v) is 13.2. The molecule has 0 aromatic heterocycles. The fourth-order valence-electron chi connectivity index (χ4n) is 5.99. The summed E-state index contributed by atoms with van der Waals surface area (Å²) in [6.07, 6.45) is 1.29. The Morgan fingerprint density at radius 2 is 0.941 bits per heavy atom. The van der Waals surface area contributed by atoms with Crippen LogP contribution in [0.3, 0.4) is 0 Å². The molecule has 3 unspecified atom stereocenters. The molecule has 0 amide bonds. The van der Waals surface area contributed by atoms with Crippen LogP contribution in [0.2, 0.25) is 0 Å². The van der Waals surface area contributed by atoms with Gasteiger partial charge in [0.1, 0.15) is 0 Å². The molecule has 0 nitrogen and oxygen atoms in total. The van der Waals surface area contributed by atoms with Crippen molar-refractivity contribution in [3.8, 4) is 0 Å². The summed E-state index contributed by atoms with van der Waals surface area (Å²) in [5.74, 6) is 1.26. The summed E-state index contributed by atoms with van der Waals surface area (Å²) >= 11 is 0. The van der Waals surface area contributed by atoms with Crippen molar-refractivity contribution >= 4 is 37.1 Å². The molecule has 0 spiro atoms. The molecule has 4 aromatic carbocycles. The fraction of sp³-hybridized carbons (Fsp3) is 0.250. The normalized spacial score (nSPS) is 22.2. The quantitative estimate of drug-likeness (QED) is 0.249. The Morgan fingerprint density at radius 1 is 0.588 bits per heavy atom. The van der Waals surface area contributed by atoms with Gasteiger partial charge in [-0.2, -0.15) is 0 Å². The highest BCUT2D eigenvalue weighted by atomic mass is 31.1. The topological polar surface area (TPSA) is 0 Å². The van der Waals surface area contributed by atoms with E-state index in [2.05, 4.69) is 142 Å². The van der Waals surface area contributed by atoms with Gasteiger partial charge >= 0.3 is 0 Å². The van der Waals surface area contributed by atoms with Gasteiger partial charge in [0.2, 0.25) is 0 Å². The Morgan fingerprint density at radius 3 is 1.26 bits per heavy atom. The van der Waals surface area contributed by atoms with Crippen LogP contribution in [-0.4, -0.2) is 10.8 Å². The molecule has 1 fully saturated rings. The first-order chi connectivity index (χ1) is 16.6. The molecule has 1 saturated carbocycles. The molecule has 0 radical (unpaired) electrons. The molecule has 4 aromatic rings. The van der Waals surface area contributed by atoms with Crippen molar-refractivity contribution in [1.29, 1.82) is 0 Å². The van der Waals surface area contributed by atoms with E-state index in [0.29, 0.717) is 22.7 Å². The molecule has 5 rings (SSSR count). The Hall–Kier alpha value is -2.26. The average molecular weight is 481 g/mol. The molecule has 172 valence electrons. The second kappa shape index (κ2) is 10.2. The number of hydrogen-bond donors (Lipinski definition) is 0. The number of benzene rings is 4. The van der Waals surface area contributed by atoms with Crippen molar-refractivity contribution in [3.05, 3.63) is 121 Å². The van der Waals surface area contributed by atoms with E-state index in [4.69, 9.17) is 0 Å². The van der Waals surface area contributed by atoms with Gasteiger partial charge in [-0.05, 0) is 61.0 Å². The second-order valence-corrected chi connectivity index (χ2v) is 14.7. The van der Waals surface area contributed by atoms with Crippen molar-refractivity contribution in [2.45, 2.75) is 38.0 Å². The largest absolute Gasteiger partial charge is 0.0622 e. The maximum atomic E-state index is 2.57. The summed E-state index contributed by atoms with van der Waals surface area (Å²) in [6.45, 7) is 7.51. The standard InChI is InChI=1S/C32H34P2/c1-25(2)32(34(29-20-12-6-13-21-29)30-22-14-7-15-23-30)24-31(26(32)3)33(27-16-8-4-9-17-27)28-18-10-5-11-19-28/h4-23,25-26,31H,24H2,1-3H3. The molecule has 3 atom stereocenters. The second-order valence-electron chi connectivity index (χ2n) is 9.75. The SMILES string of the molecule is CC(C)C1(P(c2ccccc2)c2ccccc2)CC(P(c2ccccc2)c2ccccc2)C1C. The number of rotatable bonds is 7. The molecule has 0 N–H and O–H groups in total. The number of hydrogen-bond acceptors (Lipinski definition) is 0. The highest BCUT2D eigenvalue weighted by Gasteiger charge is 2.59. The van der Waals surface area contributed by atoms with Gasteiger partial charge in [-0.3, -0.25) is 0 Å². The van der Waals surface area contributed by atoms with Crippen molar-refractivity contribution in [2.75, 3.05) is 0 Å². The summed E-state index contributed by atoms with van der Waals surface area (Å²) in [7, 11) is -0.867. The van der Waals surface area contributed by atoms with Crippen molar-refractivity contribution in [1.82, 2.24) is 0 Å². The highest BCUT2D eigenvalue weighted by molar-refractivity contribution is 7.76. The van der Waals surface area contributed by atoms with Crippen LogP contribution in [0.15, 0.2) is 121 Å². The first-order valence-corrected chi connectivity index (χ1v) is 15.2. The van der Waals surface area contributed by atoms with Crippen molar-refractivity contribution in [3.63, 3.8) is 0 Å². The molecule has 0 saturated heterocycles. The van der Waals surface area contributed by atoms with E-state index in [1.165, 1.54) is 27.6 Å². The zero-order chi connectivity index (χ0) is 23.5. The summed E-state index contributed by atoms with van der Waals surface area (Å²) in [5.41, 5.74) is 0.694. The zero-order valence-corrected chi connectivity index (χ0v) is 22.2. The van der Waals surface area contributed by atoms with Crippen LogP contribution in [0.25, 0.3) is 0 Å². The Bertz CT molecular complexity index is 1100. The first kappa shape index (κ1) is 23.5. The third-order valence-electron chi connectivity index (χ3n) is 7.75. The molecule has 0 heterocycles. The van der Waals surface area contributed by atoms with Crippen LogP contribution >= 0.6 is 15.8 Å². The molecule has 0 bridgehead atoms. The smallest absolute Gasteiger partial charge is 0.00467 e. The Balaban J connectivity index is 1.60. The van der Waals surface area contributed by atoms with Gasteiger partial charge in [-0.1, -0.05) is 142 Å². The zero-order valence-electron chi connectivity index (χ0n) is 20.4. The van der Waals surface area contributed by atoms with E-state index in [-0.39, 0.29) is 0 Å². The van der Waals surface area contributed by atoms with Crippen LogP contribution in [-0.2, 0) is 0 Å². The molecule has 34 heavy (non-hydrogen) atoms. The molecular formula is C32H34P2. The van der Waals surface area contributed by atoms with Gasteiger partial charge in [0.25, 0.3) is 0 Å². The average Bonchev–Trinajstić information content (AvgIpc) is 2.89. The Kier molecular flexibility index (Phi) is 7.01. The lowest BCUT2D eigenvalue weighted by Gasteiger charge is -2.62. The maximum Gasteiger partial charge on any atom is 0.00467 e. The third-order valence-corrected chi connectivity index (χ3v) is 14.3. The highest BCUT2D eigenvalue weighted by Crippen LogP contribution is 2.70. The lowest BCUT2D eigenvalue weighted by molar-refractivity contribution is 0.184. The van der Waals surface area contributed by atoms with Gasteiger partial charge < -0.3 is 0 Å². The van der Waals surface area contributed by atoms with Crippen molar-refractivity contribution in [2.24, 2.45) is 11.8 Å². The molecular weight excluding hydrogens is 446 g/mol. The van der Waals surface area contributed by atoms with E-state index in [9.17, 15) is 0 Å².